The Labute approximate surface area is 127 Å². The monoisotopic (exact) mass is 280 g/mol. The van der Waals surface area contributed by atoms with Crippen LogP contribution in [-0.4, -0.2) is 17.7 Å². The van der Waals surface area contributed by atoms with Crippen molar-refractivity contribution >= 4 is 0 Å². The third kappa shape index (κ3) is 1.30. The summed E-state index contributed by atoms with van der Waals surface area (Å²) in [5.41, 5.74) is 7.44. The Hall–Kier alpha value is -1.68. The van der Waals surface area contributed by atoms with Crippen LogP contribution in [-0.2, 0) is 10.3 Å². The van der Waals surface area contributed by atoms with Gasteiger partial charge in [0.1, 0.15) is 5.60 Å². The lowest BCUT2D eigenvalue weighted by Crippen LogP contribution is -2.37. The smallest absolute Gasteiger partial charge is 0.151 e. The summed E-state index contributed by atoms with van der Waals surface area (Å²) in [6.45, 7) is 0. The van der Waals surface area contributed by atoms with Gasteiger partial charge in [-0.15, -0.1) is 0 Å². The van der Waals surface area contributed by atoms with Crippen LogP contribution in [0.4, 0.5) is 0 Å². The van der Waals surface area contributed by atoms with Crippen LogP contribution < -0.4 is 10.9 Å². The molecule has 5 atom stereocenters. The summed E-state index contributed by atoms with van der Waals surface area (Å²) in [6.07, 6.45) is -0.980. The number of benzene rings is 2. The number of nitrogens with one attached hydrogen (secondary N) is 2. The second-order valence-electron chi connectivity index (χ2n) is 5.94. The standard InChI is InChI=1S/C18H18N2O/c1-3-7-13(8-4-1)17(14-9-5-2-6-10-14)18(21-17)15-11-12-16(18)20-19-15/h1-10,15-16,19-20H,11-12H2/t15-,16+,18?/i11D,12D/t11-,12?,15+,16-,18?/m1/s1. The lowest BCUT2D eigenvalue weighted by molar-refractivity contribution is 0.268. The van der Waals surface area contributed by atoms with Crippen molar-refractivity contribution in [3.05, 3.63) is 71.8 Å². The number of ether oxygens (including phenoxy) is 1. The van der Waals surface area contributed by atoms with Gasteiger partial charge in [0.2, 0.25) is 0 Å². The van der Waals surface area contributed by atoms with Gasteiger partial charge in [0, 0.05) is 2.74 Å². The molecule has 1 saturated carbocycles. The van der Waals surface area contributed by atoms with Gasteiger partial charge < -0.3 is 4.74 Å². The van der Waals surface area contributed by atoms with E-state index in [-0.39, 0.29) is 12.1 Å². The molecule has 3 heteroatoms. The van der Waals surface area contributed by atoms with Crippen molar-refractivity contribution in [3.8, 4) is 0 Å². The number of hydrogen-bond donors (Lipinski definition) is 2. The minimum absolute atomic E-state index is 0.185. The molecule has 2 N–H and O–H groups in total. The van der Waals surface area contributed by atoms with Crippen molar-refractivity contribution in [2.24, 2.45) is 0 Å². The van der Waals surface area contributed by atoms with Crippen molar-refractivity contribution in [1.29, 1.82) is 0 Å². The Morgan fingerprint density at radius 1 is 0.857 bits per heavy atom. The molecule has 5 rings (SSSR count). The van der Waals surface area contributed by atoms with Gasteiger partial charge in [-0.1, -0.05) is 60.7 Å². The van der Waals surface area contributed by atoms with Gasteiger partial charge >= 0.3 is 0 Å². The van der Waals surface area contributed by atoms with Crippen molar-refractivity contribution in [3.63, 3.8) is 0 Å². The fraction of sp³-hybridized carbons (Fsp3) is 0.333. The average Bonchev–Trinajstić information content (AvgIpc) is 3.10. The number of hydrazine groups is 1. The van der Waals surface area contributed by atoms with Gasteiger partial charge in [-0.25, -0.2) is 0 Å². The summed E-state index contributed by atoms with van der Waals surface area (Å²) < 4.78 is 23.2. The van der Waals surface area contributed by atoms with Gasteiger partial charge in [0.05, 0.1) is 12.1 Å². The quantitative estimate of drug-likeness (QED) is 0.829. The van der Waals surface area contributed by atoms with Crippen LogP contribution in [0.25, 0.3) is 0 Å². The molecule has 2 unspecified atom stereocenters. The van der Waals surface area contributed by atoms with E-state index in [0.29, 0.717) is 0 Å². The van der Waals surface area contributed by atoms with E-state index >= 15 is 0 Å². The Morgan fingerprint density at radius 2 is 1.33 bits per heavy atom. The summed E-state index contributed by atoms with van der Waals surface area (Å²) >= 11 is 0. The topological polar surface area (TPSA) is 36.6 Å². The molecule has 1 aliphatic carbocycles. The van der Waals surface area contributed by atoms with E-state index < -0.39 is 24.0 Å². The van der Waals surface area contributed by atoms with Crippen LogP contribution in [0.1, 0.15) is 26.7 Å². The van der Waals surface area contributed by atoms with Gasteiger partial charge in [-0.05, 0) is 23.9 Å². The van der Waals surface area contributed by atoms with E-state index in [1.807, 2.05) is 36.4 Å². The summed E-state index contributed by atoms with van der Waals surface area (Å²) in [6, 6.07) is 20.0. The molecule has 1 spiro atoms. The van der Waals surface area contributed by atoms with E-state index in [0.717, 1.165) is 11.1 Å². The molecular weight excluding hydrogens is 260 g/mol. The maximum atomic E-state index is 8.35. The average molecular weight is 280 g/mol. The van der Waals surface area contributed by atoms with Crippen molar-refractivity contribution in [2.75, 3.05) is 0 Å². The van der Waals surface area contributed by atoms with Crippen LogP contribution in [0.5, 0.6) is 0 Å². The Bertz CT molecular complexity index is 684. The number of rotatable bonds is 2. The van der Waals surface area contributed by atoms with Crippen LogP contribution in [0.15, 0.2) is 60.7 Å². The minimum atomic E-state index is -0.587. The summed E-state index contributed by atoms with van der Waals surface area (Å²) in [7, 11) is 0. The van der Waals surface area contributed by atoms with Gasteiger partial charge in [-0.2, -0.15) is 0 Å². The molecular formula is C18H18N2O. The fourth-order valence-corrected chi connectivity index (χ4v) is 4.07. The zero-order chi connectivity index (χ0) is 15.7. The van der Waals surface area contributed by atoms with E-state index in [2.05, 4.69) is 35.1 Å². The van der Waals surface area contributed by atoms with E-state index in [4.69, 9.17) is 7.48 Å². The fourth-order valence-electron chi connectivity index (χ4n) is 4.07. The molecule has 2 aliphatic heterocycles. The predicted molar refractivity (Wildman–Crippen MR) is 80.6 cm³/mol. The molecule has 21 heavy (non-hydrogen) atoms. The minimum Gasteiger partial charge on any atom is -0.349 e. The third-order valence-electron chi connectivity index (χ3n) is 5.01. The molecule has 3 nitrogen and oxygen atoms in total. The van der Waals surface area contributed by atoms with Crippen LogP contribution in [0, 0.1) is 0 Å². The first-order valence-corrected chi connectivity index (χ1v) is 7.38. The van der Waals surface area contributed by atoms with Crippen LogP contribution >= 0.6 is 0 Å². The second kappa shape index (κ2) is 3.95. The highest BCUT2D eigenvalue weighted by atomic mass is 16.6. The Morgan fingerprint density at radius 3 is 1.81 bits per heavy atom. The molecule has 2 aromatic rings. The lowest BCUT2D eigenvalue weighted by atomic mass is 9.77. The van der Waals surface area contributed by atoms with Crippen LogP contribution in [0.3, 0.4) is 0 Å². The normalized spacial score (nSPS) is 43.6. The van der Waals surface area contributed by atoms with Crippen molar-refractivity contribution in [1.82, 2.24) is 10.9 Å². The first kappa shape index (κ1) is 10.1. The maximum Gasteiger partial charge on any atom is 0.151 e. The molecule has 2 heterocycles. The van der Waals surface area contributed by atoms with Gasteiger partial charge in [-0.3, -0.25) is 10.9 Å². The third-order valence-corrected chi connectivity index (χ3v) is 5.01. The molecule has 106 valence electrons. The molecule has 3 aliphatic rings. The predicted octanol–water partition coefficient (Wildman–Crippen LogP) is 2.34. The molecule has 2 aromatic carbocycles. The van der Waals surface area contributed by atoms with Crippen molar-refractivity contribution in [2.45, 2.75) is 36.1 Å². The van der Waals surface area contributed by atoms with Gasteiger partial charge in [0.15, 0.2) is 5.60 Å². The molecule has 2 bridgehead atoms. The first-order valence-electron chi connectivity index (χ1n) is 8.54. The summed E-state index contributed by atoms with van der Waals surface area (Å²) in [5, 5.41) is 0. The SMILES string of the molecule is [2H]C1[C@@H]([2H])[C@@H]2NN[C@H]1C21OC1(c1ccccc1)c1ccccc1. The molecule has 0 radical (unpaired) electrons. The van der Waals surface area contributed by atoms with E-state index in [1.54, 1.807) is 0 Å². The molecule has 3 fully saturated rings. The zero-order valence-electron chi connectivity index (χ0n) is 13.5. The number of hydrogen-bond acceptors (Lipinski definition) is 3. The Balaban J connectivity index is 1.72. The molecule has 0 amide bonds. The van der Waals surface area contributed by atoms with Crippen LogP contribution in [0.2, 0.25) is 0 Å². The lowest BCUT2D eigenvalue weighted by Gasteiger charge is -2.20. The van der Waals surface area contributed by atoms with Crippen molar-refractivity contribution < 1.29 is 7.48 Å². The van der Waals surface area contributed by atoms with E-state index in [1.165, 1.54) is 0 Å². The highest BCUT2D eigenvalue weighted by Gasteiger charge is 2.81. The second-order valence-corrected chi connectivity index (χ2v) is 5.94. The molecule has 0 aromatic heterocycles. The highest BCUT2D eigenvalue weighted by molar-refractivity contribution is 5.51. The maximum absolute atomic E-state index is 8.35. The van der Waals surface area contributed by atoms with Gasteiger partial charge in [0.25, 0.3) is 0 Å². The Kier molecular flexibility index (Phi) is 1.90. The largest absolute Gasteiger partial charge is 0.349 e. The summed E-state index contributed by atoms with van der Waals surface area (Å²) in [4.78, 5) is 0. The summed E-state index contributed by atoms with van der Waals surface area (Å²) in [5.74, 6) is 0. The highest BCUT2D eigenvalue weighted by Crippen LogP contribution is 2.67. The number of epoxide rings is 1. The molecule has 2 saturated heterocycles. The zero-order valence-corrected chi connectivity index (χ0v) is 11.5. The van der Waals surface area contributed by atoms with E-state index in [9.17, 15) is 0 Å². The first-order chi connectivity index (χ1) is 11.2.